The van der Waals surface area contributed by atoms with Gasteiger partial charge in [0.1, 0.15) is 13.2 Å². The van der Waals surface area contributed by atoms with Crippen molar-refractivity contribution in [1.29, 1.82) is 0 Å². The second-order valence-corrected chi connectivity index (χ2v) is 19.5. The zero-order valence-electron chi connectivity index (χ0n) is 45.6. The van der Waals surface area contributed by atoms with E-state index >= 15 is 0 Å². The summed E-state index contributed by atoms with van der Waals surface area (Å²) in [5, 5.41) is 0. The average Bonchev–Trinajstić information content (AvgIpc) is 3.35. The van der Waals surface area contributed by atoms with Crippen LogP contribution in [0.25, 0.3) is 0 Å². The summed E-state index contributed by atoms with van der Waals surface area (Å²) in [5.74, 6) is -0.917. The number of esters is 3. The molecule has 0 radical (unpaired) electrons. The molecule has 0 aliphatic carbocycles. The van der Waals surface area contributed by atoms with Crippen LogP contribution in [0.3, 0.4) is 0 Å². The first-order valence-corrected chi connectivity index (χ1v) is 29.4. The minimum Gasteiger partial charge on any atom is -0.462 e. The molecule has 0 aliphatic heterocycles. The Labute approximate surface area is 427 Å². The molecule has 0 aliphatic rings. The minimum absolute atomic E-state index is 0.0869. The van der Waals surface area contributed by atoms with E-state index in [1.54, 1.807) is 0 Å². The fourth-order valence-electron chi connectivity index (χ4n) is 8.29. The molecule has 398 valence electrons. The molecule has 0 aromatic carbocycles. The molecule has 0 heterocycles. The van der Waals surface area contributed by atoms with Gasteiger partial charge in [0.25, 0.3) is 0 Å². The van der Waals surface area contributed by atoms with Gasteiger partial charge in [-0.05, 0) is 89.9 Å². The van der Waals surface area contributed by atoms with Crippen molar-refractivity contribution in [1.82, 2.24) is 0 Å². The van der Waals surface area contributed by atoms with E-state index in [1.165, 1.54) is 141 Å². The highest BCUT2D eigenvalue weighted by molar-refractivity contribution is 5.71. The maximum atomic E-state index is 12.9. The van der Waals surface area contributed by atoms with Crippen molar-refractivity contribution in [3.8, 4) is 0 Å². The molecular weight excluding hydrogens is 853 g/mol. The Hall–Kier alpha value is -3.15. The molecule has 0 aromatic rings. The topological polar surface area (TPSA) is 78.9 Å². The summed E-state index contributed by atoms with van der Waals surface area (Å²) in [6, 6.07) is 0. The fourth-order valence-corrected chi connectivity index (χ4v) is 8.29. The molecule has 1 atom stereocenters. The standard InChI is InChI=1S/C63H110O6/c1-4-7-10-13-16-19-22-25-28-31-32-33-36-38-41-44-47-50-53-56-62(65)68-59-60(69-63(66)57-54-51-48-45-42-39-35-30-27-24-21-18-15-12-9-6-3)58-67-61(64)55-52-49-46-43-40-37-34-29-26-23-20-17-14-11-8-5-2/h7,10,16,19,25,28,30,32-33,35,38,41,60H,4-6,8-9,11-15,17-18,20-24,26-27,29,31,34,36-37,39-40,42-59H2,1-3H3/b10-7-,19-16-,28-25-,33-32-,35-30-,41-38-/t60-/m1/s1. The number of allylic oxidation sites excluding steroid dienone is 12. The van der Waals surface area contributed by atoms with Crippen LogP contribution < -0.4 is 0 Å². The first-order valence-electron chi connectivity index (χ1n) is 29.4. The Morgan fingerprint density at radius 3 is 0.913 bits per heavy atom. The molecule has 69 heavy (non-hydrogen) atoms. The molecule has 0 saturated heterocycles. The van der Waals surface area contributed by atoms with Gasteiger partial charge in [-0.25, -0.2) is 0 Å². The Morgan fingerprint density at radius 1 is 0.304 bits per heavy atom. The van der Waals surface area contributed by atoms with Gasteiger partial charge in [-0.3, -0.25) is 14.4 Å². The van der Waals surface area contributed by atoms with Gasteiger partial charge in [0, 0.05) is 19.3 Å². The van der Waals surface area contributed by atoms with Crippen molar-refractivity contribution in [3.63, 3.8) is 0 Å². The smallest absolute Gasteiger partial charge is 0.306 e. The zero-order valence-corrected chi connectivity index (χ0v) is 45.6. The van der Waals surface area contributed by atoms with Crippen LogP contribution in [0.1, 0.15) is 290 Å². The van der Waals surface area contributed by atoms with Gasteiger partial charge in [0.05, 0.1) is 0 Å². The van der Waals surface area contributed by atoms with Gasteiger partial charge in [0.2, 0.25) is 0 Å². The van der Waals surface area contributed by atoms with Crippen molar-refractivity contribution in [3.05, 3.63) is 72.9 Å². The Balaban J connectivity index is 4.43. The first-order chi connectivity index (χ1) is 34.0. The number of hydrogen-bond acceptors (Lipinski definition) is 6. The summed E-state index contributed by atoms with van der Waals surface area (Å²) in [5.41, 5.74) is 0. The van der Waals surface area contributed by atoms with Crippen molar-refractivity contribution in [2.24, 2.45) is 0 Å². The molecule has 0 N–H and O–H groups in total. The Kier molecular flexibility index (Phi) is 54.8. The van der Waals surface area contributed by atoms with Crippen LogP contribution in [0.2, 0.25) is 0 Å². The predicted molar refractivity (Wildman–Crippen MR) is 298 cm³/mol. The SMILES string of the molecule is CC/C=C\C/C=C\C/C=C\C/C=C\C/C=C\CCCCCC(=O)OC[C@@H](COC(=O)CCCCCCCCCCCCCCCCCC)OC(=O)CCCCCCC/C=C\CCCCCCCCC. The second kappa shape index (κ2) is 57.4. The van der Waals surface area contributed by atoms with Gasteiger partial charge >= 0.3 is 17.9 Å². The van der Waals surface area contributed by atoms with Crippen LogP contribution in [0, 0.1) is 0 Å². The molecule has 6 nitrogen and oxygen atoms in total. The summed E-state index contributed by atoms with van der Waals surface area (Å²) < 4.78 is 16.9. The van der Waals surface area contributed by atoms with Crippen molar-refractivity contribution >= 4 is 17.9 Å². The first kappa shape index (κ1) is 65.8. The lowest BCUT2D eigenvalue weighted by atomic mass is 10.0. The summed E-state index contributed by atoms with van der Waals surface area (Å²) in [7, 11) is 0. The molecule has 0 fully saturated rings. The highest BCUT2D eigenvalue weighted by atomic mass is 16.6. The van der Waals surface area contributed by atoms with Crippen LogP contribution in [0.5, 0.6) is 0 Å². The molecule has 0 aromatic heterocycles. The van der Waals surface area contributed by atoms with Crippen LogP contribution in [0.15, 0.2) is 72.9 Å². The lowest BCUT2D eigenvalue weighted by Crippen LogP contribution is -2.30. The van der Waals surface area contributed by atoms with E-state index in [9.17, 15) is 14.4 Å². The maximum absolute atomic E-state index is 12.9. The van der Waals surface area contributed by atoms with E-state index < -0.39 is 6.10 Å². The maximum Gasteiger partial charge on any atom is 0.306 e. The Morgan fingerprint density at radius 2 is 0.565 bits per heavy atom. The Bertz CT molecular complexity index is 1290. The molecule has 0 spiro atoms. The zero-order chi connectivity index (χ0) is 50.0. The number of unbranched alkanes of at least 4 members (excludes halogenated alkanes) is 30. The van der Waals surface area contributed by atoms with Gasteiger partial charge in [0.15, 0.2) is 6.10 Å². The second-order valence-electron chi connectivity index (χ2n) is 19.5. The summed E-state index contributed by atoms with van der Waals surface area (Å²) in [6.45, 7) is 6.52. The quantitative estimate of drug-likeness (QED) is 0.0262. The third-order valence-corrected chi connectivity index (χ3v) is 12.7. The van der Waals surface area contributed by atoms with Crippen molar-refractivity contribution in [2.75, 3.05) is 13.2 Å². The molecule has 6 heteroatoms. The molecule has 0 saturated carbocycles. The molecule has 0 unspecified atom stereocenters. The third-order valence-electron chi connectivity index (χ3n) is 12.7. The summed E-state index contributed by atoms with van der Waals surface area (Å²) in [4.78, 5) is 38.2. The van der Waals surface area contributed by atoms with E-state index in [0.29, 0.717) is 19.3 Å². The van der Waals surface area contributed by atoms with Gasteiger partial charge < -0.3 is 14.2 Å². The minimum atomic E-state index is -0.792. The van der Waals surface area contributed by atoms with Crippen LogP contribution >= 0.6 is 0 Å². The molecule has 0 amide bonds. The number of carbonyl (C=O) groups excluding carboxylic acids is 3. The van der Waals surface area contributed by atoms with Crippen LogP contribution in [0.4, 0.5) is 0 Å². The van der Waals surface area contributed by atoms with Crippen LogP contribution in [-0.2, 0) is 28.6 Å². The average molecular weight is 964 g/mol. The van der Waals surface area contributed by atoms with E-state index in [2.05, 4.69) is 93.7 Å². The van der Waals surface area contributed by atoms with Crippen molar-refractivity contribution in [2.45, 2.75) is 297 Å². The summed E-state index contributed by atoms with van der Waals surface area (Å²) >= 11 is 0. The lowest BCUT2D eigenvalue weighted by molar-refractivity contribution is -0.167. The molecular formula is C63H110O6. The van der Waals surface area contributed by atoms with Gasteiger partial charge in [-0.15, -0.1) is 0 Å². The van der Waals surface area contributed by atoms with Crippen molar-refractivity contribution < 1.29 is 28.6 Å². The molecule has 0 bridgehead atoms. The van der Waals surface area contributed by atoms with Crippen LogP contribution in [-0.4, -0.2) is 37.2 Å². The van der Waals surface area contributed by atoms with E-state index in [4.69, 9.17) is 14.2 Å². The summed E-state index contributed by atoms with van der Waals surface area (Å²) in [6.07, 6.45) is 73.2. The monoisotopic (exact) mass is 963 g/mol. The largest absolute Gasteiger partial charge is 0.462 e. The highest BCUT2D eigenvalue weighted by Crippen LogP contribution is 2.16. The number of ether oxygens (including phenoxy) is 3. The normalized spacial score (nSPS) is 12.6. The van der Waals surface area contributed by atoms with Gasteiger partial charge in [-0.2, -0.15) is 0 Å². The van der Waals surface area contributed by atoms with E-state index in [0.717, 1.165) is 109 Å². The number of rotatable bonds is 53. The van der Waals surface area contributed by atoms with E-state index in [-0.39, 0.29) is 31.1 Å². The fraction of sp³-hybridized carbons (Fsp3) is 0.762. The van der Waals surface area contributed by atoms with Gasteiger partial charge in [-0.1, -0.05) is 254 Å². The highest BCUT2D eigenvalue weighted by Gasteiger charge is 2.19. The number of hydrogen-bond donors (Lipinski definition) is 0. The lowest BCUT2D eigenvalue weighted by Gasteiger charge is -2.18. The van der Waals surface area contributed by atoms with E-state index in [1.807, 2.05) is 0 Å². The predicted octanol–water partition coefficient (Wildman–Crippen LogP) is 19.8. The molecule has 0 rings (SSSR count). The number of carbonyl (C=O) groups is 3. The third kappa shape index (κ3) is 55.6.